The summed E-state index contributed by atoms with van der Waals surface area (Å²) in [7, 11) is -4.00. The van der Waals surface area contributed by atoms with Gasteiger partial charge in [-0.25, -0.2) is 8.42 Å². The fourth-order valence-corrected chi connectivity index (χ4v) is 6.23. The van der Waals surface area contributed by atoms with Gasteiger partial charge in [0.25, 0.3) is 10.0 Å². The highest BCUT2D eigenvalue weighted by Crippen LogP contribution is 2.23. The standard InChI is InChI=1S/C28H36N4O4S/c1-21-9-11-25(12-10-21)37(35,36)32-16-13-29-28(34)26(32)18-27(33)30-19-22(2)24-8-6-7-23(17-24)20-31-14-4-3-5-15-31/h6-13,16-17,22,26H,3-5,14-15,18-20H2,1-2H3,(H,29,34)(H,30,33)/t22?,26-/m1/s1. The summed E-state index contributed by atoms with van der Waals surface area (Å²) >= 11 is 0. The van der Waals surface area contributed by atoms with Crippen LogP contribution < -0.4 is 10.6 Å². The van der Waals surface area contributed by atoms with Crippen LogP contribution in [0.3, 0.4) is 0 Å². The maximum Gasteiger partial charge on any atom is 0.264 e. The molecule has 2 N–H and O–H groups in total. The summed E-state index contributed by atoms with van der Waals surface area (Å²) in [5.41, 5.74) is 3.32. The molecule has 2 aromatic carbocycles. The summed E-state index contributed by atoms with van der Waals surface area (Å²) in [5.74, 6) is -0.847. The number of hydrogen-bond acceptors (Lipinski definition) is 5. The summed E-state index contributed by atoms with van der Waals surface area (Å²) in [6, 6.07) is 13.7. The van der Waals surface area contributed by atoms with Crippen LogP contribution in [0.15, 0.2) is 65.8 Å². The lowest BCUT2D eigenvalue weighted by atomic mass is 9.98. The van der Waals surface area contributed by atoms with Crippen LogP contribution in [0.25, 0.3) is 0 Å². The van der Waals surface area contributed by atoms with Crippen molar-refractivity contribution in [3.05, 3.63) is 77.6 Å². The fraction of sp³-hybridized carbons (Fsp3) is 0.429. The minimum atomic E-state index is -4.00. The van der Waals surface area contributed by atoms with E-state index in [1.807, 2.05) is 13.8 Å². The van der Waals surface area contributed by atoms with E-state index >= 15 is 0 Å². The average Bonchev–Trinajstić information content (AvgIpc) is 2.89. The lowest BCUT2D eigenvalue weighted by Crippen LogP contribution is -2.51. The average molecular weight is 525 g/mol. The minimum Gasteiger partial charge on any atom is -0.355 e. The molecule has 0 bridgehead atoms. The summed E-state index contributed by atoms with van der Waals surface area (Å²) < 4.78 is 27.4. The lowest BCUT2D eigenvalue weighted by molar-refractivity contribution is -0.129. The summed E-state index contributed by atoms with van der Waals surface area (Å²) in [5, 5.41) is 5.41. The van der Waals surface area contributed by atoms with Gasteiger partial charge in [-0.1, -0.05) is 55.3 Å². The van der Waals surface area contributed by atoms with Gasteiger partial charge in [0.15, 0.2) is 0 Å². The van der Waals surface area contributed by atoms with Crippen molar-refractivity contribution in [1.29, 1.82) is 0 Å². The second kappa shape index (κ2) is 11.9. The van der Waals surface area contributed by atoms with Gasteiger partial charge in [-0.2, -0.15) is 0 Å². The van der Waals surface area contributed by atoms with E-state index in [4.69, 9.17) is 0 Å². The van der Waals surface area contributed by atoms with Crippen LogP contribution >= 0.6 is 0 Å². The number of carbonyl (C=O) groups excluding carboxylic acids is 2. The molecule has 2 atom stereocenters. The first-order chi connectivity index (χ1) is 17.7. The molecule has 8 nitrogen and oxygen atoms in total. The Balaban J connectivity index is 1.37. The van der Waals surface area contributed by atoms with E-state index in [1.54, 1.807) is 12.1 Å². The van der Waals surface area contributed by atoms with Crippen LogP contribution in [-0.4, -0.2) is 55.1 Å². The van der Waals surface area contributed by atoms with Crippen LogP contribution in [-0.2, 0) is 26.2 Å². The quantitative estimate of drug-likeness (QED) is 0.525. The van der Waals surface area contributed by atoms with Crippen molar-refractivity contribution >= 4 is 21.8 Å². The van der Waals surface area contributed by atoms with Crippen LogP contribution in [0.4, 0.5) is 0 Å². The number of aryl methyl sites for hydroxylation is 1. The Morgan fingerprint density at radius 2 is 1.84 bits per heavy atom. The monoisotopic (exact) mass is 524 g/mol. The summed E-state index contributed by atoms with van der Waals surface area (Å²) in [6.45, 7) is 7.50. The first kappa shape index (κ1) is 26.9. The third-order valence-corrected chi connectivity index (χ3v) is 8.81. The predicted molar refractivity (Wildman–Crippen MR) is 143 cm³/mol. The number of piperidine rings is 1. The first-order valence-electron chi connectivity index (χ1n) is 12.9. The van der Waals surface area contributed by atoms with Crippen LogP contribution in [0, 0.1) is 6.92 Å². The second-order valence-electron chi connectivity index (χ2n) is 9.98. The number of rotatable bonds is 9. The molecule has 2 aliphatic heterocycles. The Bertz CT molecular complexity index is 1240. The lowest BCUT2D eigenvalue weighted by Gasteiger charge is -2.31. The maximum atomic E-state index is 13.2. The van der Waals surface area contributed by atoms with Crippen LogP contribution in [0.1, 0.15) is 55.2 Å². The van der Waals surface area contributed by atoms with Gasteiger partial charge in [-0.15, -0.1) is 0 Å². The number of nitrogens with one attached hydrogen (secondary N) is 2. The van der Waals surface area contributed by atoms with E-state index in [0.717, 1.165) is 35.1 Å². The number of benzene rings is 2. The van der Waals surface area contributed by atoms with Gasteiger partial charge in [0.2, 0.25) is 11.8 Å². The van der Waals surface area contributed by atoms with E-state index in [0.29, 0.717) is 6.54 Å². The van der Waals surface area contributed by atoms with Gasteiger partial charge in [-0.3, -0.25) is 18.8 Å². The molecular weight excluding hydrogens is 488 g/mol. The van der Waals surface area contributed by atoms with Gasteiger partial charge in [-0.05, 0) is 62.0 Å². The van der Waals surface area contributed by atoms with Gasteiger partial charge in [0.1, 0.15) is 6.04 Å². The number of hydrogen-bond donors (Lipinski definition) is 2. The SMILES string of the molecule is Cc1ccc(S(=O)(=O)N2C=CNC(=O)[C@H]2CC(=O)NCC(C)c2cccc(CN3CCCCC3)c2)cc1. The molecular formula is C28H36N4O4S. The number of amides is 2. The molecule has 2 heterocycles. The van der Waals surface area contributed by atoms with E-state index < -0.39 is 22.0 Å². The normalized spacial score (nSPS) is 19.4. The van der Waals surface area contributed by atoms with Crippen molar-refractivity contribution in [3.8, 4) is 0 Å². The van der Waals surface area contributed by atoms with Crippen molar-refractivity contribution in [1.82, 2.24) is 19.8 Å². The minimum absolute atomic E-state index is 0.0673. The summed E-state index contributed by atoms with van der Waals surface area (Å²) in [4.78, 5) is 28.0. The number of carbonyl (C=O) groups is 2. The summed E-state index contributed by atoms with van der Waals surface area (Å²) in [6.07, 6.45) is 6.11. The molecule has 37 heavy (non-hydrogen) atoms. The third-order valence-electron chi connectivity index (χ3n) is 7.01. The molecule has 2 amide bonds. The molecule has 0 aromatic heterocycles. The first-order valence-corrected chi connectivity index (χ1v) is 14.3. The van der Waals surface area contributed by atoms with Crippen molar-refractivity contribution in [2.75, 3.05) is 19.6 Å². The number of sulfonamides is 1. The topological polar surface area (TPSA) is 98.8 Å². The van der Waals surface area contributed by atoms with E-state index in [1.165, 1.54) is 49.4 Å². The van der Waals surface area contributed by atoms with Crippen molar-refractivity contribution < 1.29 is 18.0 Å². The smallest absolute Gasteiger partial charge is 0.264 e. The Hall–Kier alpha value is -3.17. The molecule has 0 spiro atoms. The Labute approximate surface area is 219 Å². The Kier molecular flexibility index (Phi) is 8.66. The molecule has 1 fully saturated rings. The predicted octanol–water partition coefficient (Wildman–Crippen LogP) is 3.25. The van der Waals surface area contributed by atoms with E-state index in [2.05, 4.69) is 39.8 Å². The fourth-order valence-electron chi connectivity index (χ4n) is 4.78. The van der Waals surface area contributed by atoms with Crippen LogP contribution in [0.2, 0.25) is 0 Å². The molecule has 2 aromatic rings. The zero-order chi connectivity index (χ0) is 26.4. The van der Waals surface area contributed by atoms with Crippen LogP contribution in [0.5, 0.6) is 0 Å². The van der Waals surface area contributed by atoms with Crippen molar-refractivity contribution in [2.45, 2.75) is 62.9 Å². The highest BCUT2D eigenvalue weighted by molar-refractivity contribution is 7.89. The number of likely N-dealkylation sites (tertiary alicyclic amines) is 1. The molecule has 1 unspecified atom stereocenters. The Morgan fingerprint density at radius 1 is 1.11 bits per heavy atom. The van der Waals surface area contributed by atoms with Crippen molar-refractivity contribution in [2.24, 2.45) is 0 Å². The molecule has 198 valence electrons. The van der Waals surface area contributed by atoms with Gasteiger partial charge in [0, 0.05) is 25.5 Å². The van der Waals surface area contributed by atoms with Gasteiger partial charge in [0.05, 0.1) is 11.3 Å². The molecule has 0 aliphatic carbocycles. The zero-order valence-corrected chi connectivity index (χ0v) is 22.3. The molecule has 4 rings (SSSR count). The highest BCUT2D eigenvalue weighted by atomic mass is 32.2. The highest BCUT2D eigenvalue weighted by Gasteiger charge is 2.37. The van der Waals surface area contributed by atoms with Crippen molar-refractivity contribution in [3.63, 3.8) is 0 Å². The molecule has 9 heteroatoms. The van der Waals surface area contributed by atoms with E-state index in [-0.39, 0.29) is 23.1 Å². The largest absolute Gasteiger partial charge is 0.355 e. The number of nitrogens with zero attached hydrogens (tertiary/aromatic N) is 2. The molecule has 0 radical (unpaired) electrons. The maximum absolute atomic E-state index is 13.2. The second-order valence-corrected chi connectivity index (χ2v) is 11.8. The van der Waals surface area contributed by atoms with Gasteiger partial charge < -0.3 is 10.6 Å². The Morgan fingerprint density at radius 3 is 2.57 bits per heavy atom. The third kappa shape index (κ3) is 6.78. The van der Waals surface area contributed by atoms with E-state index in [9.17, 15) is 18.0 Å². The van der Waals surface area contributed by atoms with Gasteiger partial charge >= 0.3 is 0 Å². The zero-order valence-electron chi connectivity index (χ0n) is 21.5. The molecule has 0 saturated carbocycles. The molecule has 2 aliphatic rings. The molecule has 1 saturated heterocycles.